The van der Waals surface area contributed by atoms with Crippen LogP contribution in [0.1, 0.15) is 47.8 Å². The van der Waals surface area contributed by atoms with E-state index in [1.165, 1.54) is 0 Å². The van der Waals surface area contributed by atoms with Crippen molar-refractivity contribution in [3.8, 4) is 0 Å². The highest BCUT2D eigenvalue weighted by atomic mass is 32.2. The summed E-state index contributed by atoms with van der Waals surface area (Å²) in [6.45, 7) is 11.8. The summed E-state index contributed by atoms with van der Waals surface area (Å²) in [5.74, 6) is -0.201. The third-order valence-corrected chi connectivity index (χ3v) is 6.97. The van der Waals surface area contributed by atoms with E-state index in [-0.39, 0.29) is 21.9 Å². The Morgan fingerprint density at radius 2 is 1.70 bits per heavy atom. The van der Waals surface area contributed by atoms with Gasteiger partial charge in [0.05, 0.1) is 29.4 Å². The smallest absolute Gasteiger partial charge is 0.262 e. The monoisotopic (exact) mass is 430 g/mol. The Bertz CT molecular complexity index is 1050. The molecule has 1 fully saturated rings. The Morgan fingerprint density at radius 3 is 2.33 bits per heavy atom. The second kappa shape index (κ2) is 8.40. The number of anilines is 1. The van der Waals surface area contributed by atoms with Crippen LogP contribution in [0, 0.1) is 13.8 Å². The van der Waals surface area contributed by atoms with Gasteiger partial charge in [-0.15, -0.1) is 0 Å². The maximum Gasteiger partial charge on any atom is 0.262 e. The Labute approximate surface area is 179 Å². The highest BCUT2D eigenvalue weighted by Crippen LogP contribution is 2.30. The normalized spacial score (nSPS) is 15.2. The fraction of sp³-hybridized carbons (Fsp3) is 0.435. The molecule has 2 aromatic rings. The lowest BCUT2D eigenvalue weighted by Gasteiger charge is -2.27. The summed E-state index contributed by atoms with van der Waals surface area (Å²) in [6.07, 6.45) is 0. The predicted molar refractivity (Wildman–Crippen MR) is 119 cm³/mol. The molecule has 0 aliphatic carbocycles. The Kier molecular flexibility index (Phi) is 6.24. The Hall–Kier alpha value is -2.38. The molecule has 30 heavy (non-hydrogen) atoms. The molecule has 162 valence electrons. The van der Waals surface area contributed by atoms with Crippen LogP contribution in [0.4, 0.5) is 5.69 Å². The molecule has 0 aromatic heterocycles. The van der Waals surface area contributed by atoms with E-state index in [1.54, 1.807) is 42.2 Å². The Balaban J connectivity index is 1.99. The number of benzene rings is 2. The van der Waals surface area contributed by atoms with Crippen molar-refractivity contribution >= 4 is 21.6 Å². The van der Waals surface area contributed by atoms with Crippen LogP contribution in [0.3, 0.4) is 0 Å². The molecule has 0 saturated carbocycles. The number of amides is 1. The number of carbonyl (C=O) groups excluding carboxylic acids is 1. The summed E-state index contributed by atoms with van der Waals surface area (Å²) >= 11 is 0. The van der Waals surface area contributed by atoms with Crippen LogP contribution in [0.15, 0.2) is 41.3 Å². The molecule has 3 rings (SSSR count). The lowest BCUT2D eigenvalue weighted by Crippen LogP contribution is -2.41. The molecule has 1 N–H and O–H groups in total. The molecule has 0 unspecified atom stereocenters. The number of ether oxygens (including phenoxy) is 1. The highest BCUT2D eigenvalue weighted by molar-refractivity contribution is 7.92. The maximum atomic E-state index is 13.3. The molecule has 2 aromatic carbocycles. The minimum Gasteiger partial charge on any atom is -0.378 e. The van der Waals surface area contributed by atoms with E-state index in [0.717, 1.165) is 11.1 Å². The van der Waals surface area contributed by atoms with Crippen molar-refractivity contribution in [1.82, 2.24) is 4.90 Å². The molecule has 1 aliphatic rings. The maximum absolute atomic E-state index is 13.3. The number of nitrogens with one attached hydrogen (secondary N) is 1. The third kappa shape index (κ3) is 4.68. The molecule has 1 amide bonds. The second-order valence-electron chi connectivity index (χ2n) is 8.72. The van der Waals surface area contributed by atoms with Gasteiger partial charge < -0.3 is 9.64 Å². The number of nitrogens with zero attached hydrogens (tertiary/aromatic N) is 1. The van der Waals surface area contributed by atoms with Crippen LogP contribution < -0.4 is 4.72 Å². The van der Waals surface area contributed by atoms with Crippen molar-refractivity contribution in [3.63, 3.8) is 0 Å². The Morgan fingerprint density at radius 1 is 1.07 bits per heavy atom. The van der Waals surface area contributed by atoms with Crippen molar-refractivity contribution in [3.05, 3.63) is 58.7 Å². The van der Waals surface area contributed by atoms with E-state index in [2.05, 4.69) is 25.5 Å². The summed E-state index contributed by atoms with van der Waals surface area (Å²) < 4.78 is 34.7. The number of carbonyl (C=O) groups is 1. The van der Waals surface area contributed by atoms with Crippen molar-refractivity contribution in [2.24, 2.45) is 0 Å². The number of rotatable bonds is 4. The number of sulfonamides is 1. The molecule has 1 saturated heterocycles. The first-order valence-corrected chi connectivity index (χ1v) is 11.6. The van der Waals surface area contributed by atoms with E-state index in [9.17, 15) is 13.2 Å². The summed E-state index contributed by atoms with van der Waals surface area (Å²) in [4.78, 5) is 14.9. The molecule has 1 aliphatic heterocycles. The van der Waals surface area contributed by atoms with Crippen molar-refractivity contribution in [2.45, 2.75) is 44.9 Å². The van der Waals surface area contributed by atoms with Gasteiger partial charge in [-0.25, -0.2) is 8.42 Å². The van der Waals surface area contributed by atoms with Crippen LogP contribution in [-0.2, 0) is 20.2 Å². The van der Waals surface area contributed by atoms with Crippen LogP contribution in [-0.4, -0.2) is 45.5 Å². The van der Waals surface area contributed by atoms with E-state index in [1.807, 2.05) is 13.0 Å². The first-order chi connectivity index (χ1) is 14.0. The number of morpholine rings is 1. The van der Waals surface area contributed by atoms with E-state index in [0.29, 0.717) is 37.4 Å². The molecular weight excluding hydrogens is 400 g/mol. The van der Waals surface area contributed by atoms with Gasteiger partial charge in [0.25, 0.3) is 15.9 Å². The molecule has 1 heterocycles. The van der Waals surface area contributed by atoms with Gasteiger partial charge in [-0.3, -0.25) is 9.52 Å². The number of para-hydroxylation sites is 1. The lowest BCUT2D eigenvalue weighted by molar-refractivity contribution is 0.0303. The molecule has 6 nitrogen and oxygen atoms in total. The first kappa shape index (κ1) is 22.3. The minimum atomic E-state index is -3.88. The van der Waals surface area contributed by atoms with E-state index in [4.69, 9.17) is 4.74 Å². The SMILES string of the molecule is Cc1cc(C(C)(C)C)cc(S(=O)(=O)Nc2ccccc2C(=O)N2CCOCC2)c1C. The van der Waals surface area contributed by atoms with Gasteiger partial charge >= 0.3 is 0 Å². The largest absolute Gasteiger partial charge is 0.378 e. The van der Waals surface area contributed by atoms with Gasteiger partial charge in [0.2, 0.25) is 0 Å². The summed E-state index contributed by atoms with van der Waals surface area (Å²) in [5, 5.41) is 0. The molecule has 0 atom stereocenters. The standard InChI is InChI=1S/C23H30N2O4S/c1-16-14-18(23(3,4)5)15-21(17(16)2)30(27,28)24-20-9-7-6-8-19(20)22(26)25-10-12-29-13-11-25/h6-9,14-15,24H,10-13H2,1-5H3. The van der Waals surface area contributed by atoms with E-state index >= 15 is 0 Å². The van der Waals surface area contributed by atoms with Crippen LogP contribution in [0.2, 0.25) is 0 Å². The van der Waals surface area contributed by atoms with Gasteiger partial charge in [0.15, 0.2) is 0 Å². The van der Waals surface area contributed by atoms with Crippen LogP contribution in [0.5, 0.6) is 0 Å². The van der Waals surface area contributed by atoms with Gasteiger partial charge in [-0.1, -0.05) is 39.0 Å². The lowest BCUT2D eigenvalue weighted by atomic mass is 9.85. The number of hydrogen-bond donors (Lipinski definition) is 1. The summed E-state index contributed by atoms with van der Waals surface area (Å²) in [7, 11) is -3.88. The quantitative estimate of drug-likeness (QED) is 0.799. The average molecular weight is 431 g/mol. The van der Waals surface area contributed by atoms with E-state index < -0.39 is 10.0 Å². The number of aryl methyl sites for hydroxylation is 1. The van der Waals surface area contributed by atoms with Gasteiger partial charge in [-0.05, 0) is 54.2 Å². The second-order valence-corrected chi connectivity index (χ2v) is 10.4. The van der Waals surface area contributed by atoms with Gasteiger partial charge in [-0.2, -0.15) is 0 Å². The third-order valence-electron chi connectivity index (χ3n) is 5.48. The molecule has 0 bridgehead atoms. The van der Waals surface area contributed by atoms with Crippen molar-refractivity contribution in [1.29, 1.82) is 0 Å². The molecule has 7 heteroatoms. The number of hydrogen-bond acceptors (Lipinski definition) is 4. The fourth-order valence-electron chi connectivity index (χ4n) is 3.43. The van der Waals surface area contributed by atoms with Crippen molar-refractivity contribution in [2.75, 3.05) is 31.0 Å². The first-order valence-electron chi connectivity index (χ1n) is 10.1. The zero-order valence-corrected chi connectivity index (χ0v) is 19.1. The predicted octanol–water partition coefficient (Wildman–Crippen LogP) is 3.87. The van der Waals surface area contributed by atoms with Crippen LogP contribution in [0.25, 0.3) is 0 Å². The van der Waals surface area contributed by atoms with Gasteiger partial charge in [0, 0.05) is 13.1 Å². The van der Waals surface area contributed by atoms with Crippen LogP contribution >= 0.6 is 0 Å². The minimum absolute atomic E-state index is 0.188. The summed E-state index contributed by atoms with van der Waals surface area (Å²) in [5.41, 5.74) is 3.00. The fourth-order valence-corrected chi connectivity index (χ4v) is 4.86. The average Bonchev–Trinajstić information content (AvgIpc) is 2.69. The molecular formula is C23H30N2O4S. The van der Waals surface area contributed by atoms with Gasteiger partial charge in [0.1, 0.15) is 0 Å². The molecule has 0 radical (unpaired) electrons. The topological polar surface area (TPSA) is 75.7 Å². The highest BCUT2D eigenvalue weighted by Gasteiger charge is 2.26. The zero-order chi connectivity index (χ0) is 22.1. The van der Waals surface area contributed by atoms with Crippen molar-refractivity contribution < 1.29 is 17.9 Å². The zero-order valence-electron chi connectivity index (χ0n) is 18.3. The summed E-state index contributed by atoms with van der Waals surface area (Å²) in [6, 6.07) is 10.5. The molecule has 0 spiro atoms.